The largest absolute Gasteiger partial charge is 0.499 e. The van der Waals surface area contributed by atoms with Crippen LogP contribution in [0, 0.1) is 0 Å². The van der Waals surface area contributed by atoms with E-state index in [1.807, 2.05) is 18.2 Å². The van der Waals surface area contributed by atoms with Gasteiger partial charge in [-0.3, -0.25) is 0 Å². The summed E-state index contributed by atoms with van der Waals surface area (Å²) >= 11 is 0. The van der Waals surface area contributed by atoms with Gasteiger partial charge < -0.3 is 67.3 Å². The van der Waals surface area contributed by atoms with Crippen molar-refractivity contribution >= 4 is 5.69 Å². The van der Waals surface area contributed by atoms with E-state index in [-0.39, 0.29) is 0 Å². The van der Waals surface area contributed by atoms with Gasteiger partial charge in [0.05, 0.1) is 157 Å². The van der Waals surface area contributed by atoms with Gasteiger partial charge in [0.25, 0.3) is 0 Å². The Kier molecular flexibility index (Phi) is 32.6. The molecule has 0 spiro atoms. The highest BCUT2D eigenvalue weighted by Gasteiger charge is 1.99. The summed E-state index contributed by atoms with van der Waals surface area (Å²) in [5, 5.41) is 0. The third-order valence-corrected chi connectivity index (χ3v) is 5.59. The molecule has 46 heavy (non-hydrogen) atoms. The van der Waals surface area contributed by atoms with E-state index in [0.717, 1.165) is 0 Å². The van der Waals surface area contributed by atoms with Crippen molar-refractivity contribution in [2.75, 3.05) is 164 Å². The molecule has 0 unspecified atom stereocenters. The second-order valence-electron chi connectivity index (χ2n) is 9.16. The molecule has 0 atom stereocenters. The lowest BCUT2D eigenvalue weighted by atomic mass is 10.3. The van der Waals surface area contributed by atoms with Crippen LogP contribution in [0.3, 0.4) is 0 Å². The predicted octanol–water partition coefficient (Wildman–Crippen LogP) is 1.99. The number of para-hydroxylation sites is 2. The molecule has 0 heterocycles. The van der Waals surface area contributed by atoms with Gasteiger partial charge in [0.15, 0.2) is 0 Å². The zero-order valence-electron chi connectivity index (χ0n) is 27.4. The van der Waals surface area contributed by atoms with Crippen molar-refractivity contribution in [2.24, 2.45) is 0 Å². The molecule has 0 aliphatic rings. The summed E-state index contributed by atoms with van der Waals surface area (Å²) in [6.07, 6.45) is 1.39. The van der Waals surface area contributed by atoms with Gasteiger partial charge in [-0.2, -0.15) is 0 Å². The first-order valence-electron chi connectivity index (χ1n) is 15.9. The summed E-state index contributed by atoms with van der Waals surface area (Å²) in [4.78, 5) is 0. The molecule has 2 N–H and O–H groups in total. The quantitative estimate of drug-likeness (QED) is 0.0625. The van der Waals surface area contributed by atoms with Crippen LogP contribution in [0.4, 0.5) is 5.69 Å². The van der Waals surface area contributed by atoms with Gasteiger partial charge in [-0.05, 0) is 12.1 Å². The molecule has 0 saturated carbocycles. The van der Waals surface area contributed by atoms with Crippen molar-refractivity contribution in [3.05, 3.63) is 37.1 Å². The molecule has 0 aromatic heterocycles. The fourth-order valence-electron chi connectivity index (χ4n) is 3.31. The van der Waals surface area contributed by atoms with E-state index in [4.69, 9.17) is 67.3 Å². The van der Waals surface area contributed by atoms with E-state index in [1.54, 1.807) is 6.07 Å². The summed E-state index contributed by atoms with van der Waals surface area (Å²) in [5.74, 6) is 0.667. The standard InChI is InChI=1S/C32H57NO13/c1-2-34-7-8-35-9-10-36-11-12-37-13-14-38-15-16-39-17-18-40-19-20-41-21-22-42-23-24-43-25-26-44-27-28-45-29-30-46-32-6-4-3-5-31(32)33/h2-6H,1,7-30,33H2. The summed E-state index contributed by atoms with van der Waals surface area (Å²) in [6.45, 7) is 15.5. The van der Waals surface area contributed by atoms with Crippen molar-refractivity contribution in [2.45, 2.75) is 0 Å². The lowest BCUT2D eigenvalue weighted by molar-refractivity contribution is -0.0280. The molecule has 0 fully saturated rings. The number of ether oxygens (including phenoxy) is 13. The molecular weight excluding hydrogens is 606 g/mol. The van der Waals surface area contributed by atoms with Gasteiger partial charge in [-0.25, -0.2) is 0 Å². The molecular formula is C32H57NO13. The van der Waals surface area contributed by atoms with Crippen LogP contribution in [0.2, 0.25) is 0 Å². The van der Waals surface area contributed by atoms with Crippen LogP contribution < -0.4 is 10.5 Å². The first-order chi connectivity index (χ1) is 22.8. The lowest BCUT2D eigenvalue weighted by Gasteiger charge is -2.10. The highest BCUT2D eigenvalue weighted by molar-refractivity contribution is 5.51. The number of hydrogen-bond acceptors (Lipinski definition) is 14. The first kappa shape index (κ1) is 41.9. The number of anilines is 1. The maximum absolute atomic E-state index is 5.82. The predicted molar refractivity (Wildman–Crippen MR) is 172 cm³/mol. The van der Waals surface area contributed by atoms with Crippen LogP contribution in [-0.2, 0) is 56.8 Å². The molecule has 0 radical (unpaired) electrons. The van der Waals surface area contributed by atoms with Crippen LogP contribution in [0.5, 0.6) is 5.75 Å². The maximum Gasteiger partial charge on any atom is 0.142 e. The smallest absolute Gasteiger partial charge is 0.142 e. The third kappa shape index (κ3) is 30.6. The van der Waals surface area contributed by atoms with Gasteiger partial charge in [0, 0.05) is 0 Å². The third-order valence-electron chi connectivity index (χ3n) is 5.59. The molecule has 14 heteroatoms. The number of hydrogen-bond donors (Lipinski definition) is 1. The van der Waals surface area contributed by atoms with E-state index < -0.39 is 0 Å². The zero-order chi connectivity index (χ0) is 32.9. The van der Waals surface area contributed by atoms with Crippen LogP contribution in [0.1, 0.15) is 0 Å². The average molecular weight is 664 g/mol. The van der Waals surface area contributed by atoms with Gasteiger partial charge in [-0.15, -0.1) is 0 Å². The molecule has 0 aliphatic heterocycles. The van der Waals surface area contributed by atoms with Crippen molar-refractivity contribution in [1.29, 1.82) is 0 Å². The van der Waals surface area contributed by atoms with Crippen LogP contribution >= 0.6 is 0 Å². The van der Waals surface area contributed by atoms with Crippen LogP contribution in [0.15, 0.2) is 37.1 Å². The molecule has 1 aromatic carbocycles. The molecule has 268 valence electrons. The van der Waals surface area contributed by atoms with E-state index in [1.165, 1.54) is 6.26 Å². The lowest BCUT2D eigenvalue weighted by Crippen LogP contribution is -2.15. The Bertz CT molecular complexity index is 762. The summed E-state index contributed by atoms with van der Waals surface area (Å²) in [5.41, 5.74) is 6.43. The molecule has 0 aliphatic carbocycles. The Labute approximate surface area is 274 Å². The topological polar surface area (TPSA) is 146 Å². The fraction of sp³-hybridized carbons (Fsp3) is 0.750. The summed E-state index contributed by atoms with van der Waals surface area (Å²) in [6, 6.07) is 7.38. The SMILES string of the molecule is C=COCCOCCOCCOCCOCCOCCOCCOCCOCCOCCOCCOCCOc1ccccc1N. The van der Waals surface area contributed by atoms with Gasteiger partial charge in [-0.1, -0.05) is 18.7 Å². The zero-order valence-corrected chi connectivity index (χ0v) is 27.4. The molecule has 0 bridgehead atoms. The Morgan fingerprint density at radius 3 is 0.935 bits per heavy atom. The normalized spacial score (nSPS) is 11.2. The van der Waals surface area contributed by atoms with Crippen molar-refractivity contribution in [3.63, 3.8) is 0 Å². The number of nitrogens with two attached hydrogens (primary N) is 1. The van der Waals surface area contributed by atoms with Crippen molar-refractivity contribution in [3.8, 4) is 5.75 Å². The van der Waals surface area contributed by atoms with E-state index in [2.05, 4.69) is 6.58 Å². The number of benzene rings is 1. The van der Waals surface area contributed by atoms with Crippen molar-refractivity contribution in [1.82, 2.24) is 0 Å². The molecule has 0 saturated heterocycles. The highest BCUT2D eigenvalue weighted by Crippen LogP contribution is 2.19. The monoisotopic (exact) mass is 663 g/mol. The summed E-state index contributed by atoms with van der Waals surface area (Å²) < 4.78 is 70.4. The Hall–Kier alpha value is -2.08. The molecule has 0 amide bonds. The van der Waals surface area contributed by atoms with E-state index in [0.29, 0.717) is 170 Å². The Morgan fingerprint density at radius 1 is 0.391 bits per heavy atom. The number of nitrogen functional groups attached to an aromatic ring is 1. The van der Waals surface area contributed by atoms with Gasteiger partial charge in [0.2, 0.25) is 0 Å². The minimum Gasteiger partial charge on any atom is -0.499 e. The van der Waals surface area contributed by atoms with Gasteiger partial charge >= 0.3 is 0 Å². The second kappa shape index (κ2) is 35.8. The van der Waals surface area contributed by atoms with Gasteiger partial charge in [0.1, 0.15) is 19.0 Å². The Balaban J connectivity index is 1.62. The second-order valence-corrected chi connectivity index (χ2v) is 9.16. The molecule has 14 nitrogen and oxygen atoms in total. The summed E-state index contributed by atoms with van der Waals surface area (Å²) in [7, 11) is 0. The van der Waals surface area contributed by atoms with E-state index in [9.17, 15) is 0 Å². The highest BCUT2D eigenvalue weighted by atomic mass is 16.6. The fourth-order valence-corrected chi connectivity index (χ4v) is 3.31. The minimum atomic E-state index is 0.437. The van der Waals surface area contributed by atoms with Crippen LogP contribution in [-0.4, -0.2) is 159 Å². The maximum atomic E-state index is 5.82. The minimum absolute atomic E-state index is 0.437. The van der Waals surface area contributed by atoms with E-state index >= 15 is 0 Å². The molecule has 1 aromatic rings. The molecule has 1 rings (SSSR count). The number of rotatable bonds is 38. The van der Waals surface area contributed by atoms with Crippen molar-refractivity contribution < 1.29 is 61.6 Å². The Morgan fingerprint density at radius 2 is 0.652 bits per heavy atom. The average Bonchev–Trinajstić information content (AvgIpc) is 3.07. The first-order valence-corrected chi connectivity index (χ1v) is 15.9. The van der Waals surface area contributed by atoms with Crippen LogP contribution in [0.25, 0.3) is 0 Å².